The molecule has 0 aromatic heterocycles. The van der Waals surface area contributed by atoms with Gasteiger partial charge in [-0.3, -0.25) is 14.6 Å². The minimum Gasteiger partial charge on any atom is -0.496 e. The first-order valence-electron chi connectivity index (χ1n) is 16.4. The monoisotopic (exact) mass is 624 g/mol. The highest BCUT2D eigenvalue weighted by Crippen LogP contribution is 2.36. The Kier molecular flexibility index (Phi) is 11.1. The number of carbonyl (C=O) groups is 2. The Morgan fingerprint density at radius 1 is 1.00 bits per heavy atom. The molecule has 2 heterocycles. The Balaban J connectivity index is 1.23. The van der Waals surface area contributed by atoms with Crippen LogP contribution in [0.1, 0.15) is 56.6 Å². The number of alkyl halides is 1. The largest absolute Gasteiger partial charge is 0.496 e. The topological polar surface area (TPSA) is 74.8 Å². The molecule has 0 radical (unpaired) electrons. The molecule has 5 rings (SSSR count). The van der Waals surface area contributed by atoms with Crippen LogP contribution in [0.5, 0.6) is 17.2 Å². The molecule has 2 atom stereocenters. The Morgan fingerprint density at radius 2 is 1.80 bits per heavy atom. The molecule has 2 aliphatic heterocycles. The lowest BCUT2D eigenvalue weighted by atomic mass is 10.0. The zero-order chi connectivity index (χ0) is 31.9. The van der Waals surface area contributed by atoms with E-state index in [2.05, 4.69) is 11.8 Å². The number of benzene rings is 2. The fourth-order valence-corrected chi connectivity index (χ4v) is 6.45. The standard InChI is InChI=1S/C35H49FN4O5/c1-25-13-17-39(29-11-12-31(43-3)33(22-29)45-19-5-6-26-7-8-26)35(42)40(25)23-28-10-9-27(20-32(28)44-4)21-34(41)37(2)30-14-16-38(24-30)18-15-36/h9-12,20,22,25-26,30H,5-8,13-19,21,23-24H2,1-4H3. The van der Waals surface area contributed by atoms with Gasteiger partial charge in [-0.05, 0) is 62.3 Å². The van der Waals surface area contributed by atoms with E-state index in [1.165, 1.54) is 19.3 Å². The van der Waals surface area contributed by atoms with E-state index < -0.39 is 0 Å². The summed E-state index contributed by atoms with van der Waals surface area (Å²) in [5.41, 5.74) is 2.53. The summed E-state index contributed by atoms with van der Waals surface area (Å²) >= 11 is 0. The van der Waals surface area contributed by atoms with Crippen LogP contribution in [0, 0.1) is 5.92 Å². The van der Waals surface area contributed by atoms with E-state index in [0.717, 1.165) is 48.5 Å². The number of amides is 3. The second-order valence-corrected chi connectivity index (χ2v) is 12.7. The number of carbonyl (C=O) groups excluding carboxylic acids is 2. The van der Waals surface area contributed by atoms with E-state index in [0.29, 0.717) is 50.0 Å². The molecule has 246 valence electrons. The number of ether oxygens (including phenoxy) is 3. The van der Waals surface area contributed by atoms with Gasteiger partial charge >= 0.3 is 6.03 Å². The van der Waals surface area contributed by atoms with Crippen LogP contribution in [0.25, 0.3) is 0 Å². The molecular weight excluding hydrogens is 575 g/mol. The van der Waals surface area contributed by atoms with Gasteiger partial charge in [0.2, 0.25) is 5.91 Å². The number of halogens is 1. The molecule has 9 nitrogen and oxygen atoms in total. The first kappa shape index (κ1) is 32.9. The molecule has 3 fully saturated rings. The number of anilines is 1. The predicted octanol–water partition coefficient (Wildman–Crippen LogP) is 5.54. The van der Waals surface area contributed by atoms with Crippen LogP contribution in [0.2, 0.25) is 0 Å². The summed E-state index contributed by atoms with van der Waals surface area (Å²) in [5, 5.41) is 0. The van der Waals surface area contributed by atoms with Crippen molar-refractivity contribution in [2.75, 3.05) is 65.6 Å². The molecule has 3 amide bonds. The quantitative estimate of drug-likeness (QED) is 0.243. The number of urea groups is 1. The van der Waals surface area contributed by atoms with Crippen LogP contribution < -0.4 is 19.1 Å². The fourth-order valence-electron chi connectivity index (χ4n) is 6.45. The fraction of sp³-hybridized carbons (Fsp3) is 0.600. The molecule has 0 spiro atoms. The molecule has 2 aromatic carbocycles. The summed E-state index contributed by atoms with van der Waals surface area (Å²) < 4.78 is 30.2. The molecule has 45 heavy (non-hydrogen) atoms. The van der Waals surface area contributed by atoms with Crippen molar-refractivity contribution in [3.8, 4) is 17.2 Å². The van der Waals surface area contributed by atoms with Crippen LogP contribution in [-0.2, 0) is 17.8 Å². The number of likely N-dealkylation sites (tertiary alicyclic amines) is 1. The molecule has 2 unspecified atom stereocenters. The third-order valence-electron chi connectivity index (χ3n) is 9.59. The zero-order valence-electron chi connectivity index (χ0n) is 27.3. The van der Waals surface area contributed by atoms with Crippen molar-refractivity contribution in [3.05, 3.63) is 47.5 Å². The van der Waals surface area contributed by atoms with E-state index in [9.17, 15) is 14.0 Å². The minimum atomic E-state index is -0.367. The maximum absolute atomic E-state index is 13.9. The van der Waals surface area contributed by atoms with E-state index in [4.69, 9.17) is 14.2 Å². The number of nitrogens with zero attached hydrogens (tertiary/aromatic N) is 4. The smallest absolute Gasteiger partial charge is 0.325 e. The Morgan fingerprint density at radius 3 is 2.53 bits per heavy atom. The van der Waals surface area contributed by atoms with Gasteiger partial charge in [-0.25, -0.2) is 9.18 Å². The van der Waals surface area contributed by atoms with Crippen molar-refractivity contribution in [2.45, 2.75) is 70.5 Å². The maximum Gasteiger partial charge on any atom is 0.325 e. The summed E-state index contributed by atoms with van der Waals surface area (Å²) in [6.07, 6.45) is 6.80. The van der Waals surface area contributed by atoms with Crippen molar-refractivity contribution in [1.29, 1.82) is 0 Å². The summed E-state index contributed by atoms with van der Waals surface area (Å²) in [5.74, 6) is 2.87. The SMILES string of the molecule is COc1cc(CC(=O)N(C)C2CCN(CCF)C2)ccc1CN1C(=O)N(c2ccc(OC)c(OCCCC3CC3)c2)CCC1C. The summed E-state index contributed by atoms with van der Waals surface area (Å²) in [6.45, 7) is 5.28. The van der Waals surface area contributed by atoms with Crippen LogP contribution in [-0.4, -0.2) is 99.4 Å². The molecular formula is C35H49FN4O5. The van der Waals surface area contributed by atoms with E-state index in [-0.39, 0.29) is 37.1 Å². The minimum absolute atomic E-state index is 0.0260. The van der Waals surface area contributed by atoms with Gasteiger partial charge in [0.15, 0.2) is 11.5 Å². The zero-order valence-corrected chi connectivity index (χ0v) is 27.3. The molecule has 1 saturated carbocycles. The molecule has 2 aromatic rings. The predicted molar refractivity (Wildman–Crippen MR) is 173 cm³/mol. The van der Waals surface area contributed by atoms with Gasteiger partial charge in [-0.2, -0.15) is 0 Å². The summed E-state index contributed by atoms with van der Waals surface area (Å²) in [7, 11) is 5.08. The van der Waals surface area contributed by atoms with Gasteiger partial charge in [0, 0.05) is 62.6 Å². The number of hydrogen-bond donors (Lipinski definition) is 0. The van der Waals surface area contributed by atoms with Crippen molar-refractivity contribution < 1.29 is 28.2 Å². The van der Waals surface area contributed by atoms with Crippen molar-refractivity contribution in [2.24, 2.45) is 5.92 Å². The van der Waals surface area contributed by atoms with Crippen molar-refractivity contribution in [3.63, 3.8) is 0 Å². The van der Waals surface area contributed by atoms with Crippen LogP contribution >= 0.6 is 0 Å². The molecule has 2 saturated heterocycles. The highest BCUT2D eigenvalue weighted by atomic mass is 19.1. The van der Waals surface area contributed by atoms with Crippen LogP contribution in [0.4, 0.5) is 14.9 Å². The van der Waals surface area contributed by atoms with E-state index in [1.807, 2.05) is 53.2 Å². The van der Waals surface area contributed by atoms with Gasteiger partial charge < -0.3 is 24.0 Å². The normalized spacial score (nSPS) is 20.4. The molecule has 1 aliphatic carbocycles. The second-order valence-electron chi connectivity index (χ2n) is 12.7. The van der Waals surface area contributed by atoms with Gasteiger partial charge in [0.25, 0.3) is 0 Å². The van der Waals surface area contributed by atoms with Crippen molar-refractivity contribution >= 4 is 17.6 Å². The first-order chi connectivity index (χ1) is 21.8. The molecule has 0 N–H and O–H groups in total. The van der Waals surface area contributed by atoms with E-state index >= 15 is 0 Å². The third kappa shape index (κ3) is 8.20. The lowest BCUT2D eigenvalue weighted by Crippen LogP contribution is -2.53. The average Bonchev–Trinajstić information content (AvgIpc) is 3.76. The number of hydrogen-bond acceptors (Lipinski definition) is 6. The first-order valence-corrected chi connectivity index (χ1v) is 16.4. The molecule has 10 heteroatoms. The average molecular weight is 625 g/mol. The Labute approximate surface area is 267 Å². The highest BCUT2D eigenvalue weighted by Gasteiger charge is 2.33. The van der Waals surface area contributed by atoms with Gasteiger partial charge in [-0.15, -0.1) is 0 Å². The van der Waals surface area contributed by atoms with E-state index in [1.54, 1.807) is 19.1 Å². The number of rotatable bonds is 15. The number of likely N-dealkylation sites (N-methyl/N-ethyl adjacent to an activating group) is 1. The Hall–Kier alpha value is -3.53. The molecule has 0 bridgehead atoms. The lowest BCUT2D eigenvalue weighted by Gasteiger charge is -2.40. The maximum atomic E-state index is 13.9. The van der Waals surface area contributed by atoms with Crippen LogP contribution in [0.15, 0.2) is 36.4 Å². The van der Waals surface area contributed by atoms with Gasteiger partial charge in [0.1, 0.15) is 12.4 Å². The summed E-state index contributed by atoms with van der Waals surface area (Å²) in [4.78, 5) is 34.5. The number of methoxy groups -OCH3 is 2. The van der Waals surface area contributed by atoms with Crippen molar-refractivity contribution in [1.82, 2.24) is 14.7 Å². The third-order valence-corrected chi connectivity index (χ3v) is 9.59. The highest BCUT2D eigenvalue weighted by molar-refractivity contribution is 5.93. The van der Waals surface area contributed by atoms with Gasteiger partial charge in [-0.1, -0.05) is 25.0 Å². The second kappa shape index (κ2) is 15.2. The van der Waals surface area contributed by atoms with Gasteiger partial charge in [0.05, 0.1) is 33.8 Å². The van der Waals surface area contributed by atoms with Crippen LogP contribution in [0.3, 0.4) is 0 Å². The summed E-state index contributed by atoms with van der Waals surface area (Å²) in [6, 6.07) is 11.6. The molecule has 3 aliphatic rings. The lowest BCUT2D eigenvalue weighted by molar-refractivity contribution is -0.131. The Bertz CT molecular complexity index is 1320.